The fourth-order valence-electron chi connectivity index (χ4n) is 3.26. The highest BCUT2D eigenvalue weighted by atomic mass is 79.9. The van der Waals surface area contributed by atoms with Crippen molar-refractivity contribution in [2.75, 3.05) is 18.5 Å². The van der Waals surface area contributed by atoms with Gasteiger partial charge >= 0.3 is 0 Å². The molecule has 132 valence electrons. The molecule has 2 aromatic heterocycles. The molecule has 2 aromatic rings. The van der Waals surface area contributed by atoms with Crippen molar-refractivity contribution in [3.8, 4) is 0 Å². The van der Waals surface area contributed by atoms with Gasteiger partial charge in [-0.3, -0.25) is 0 Å². The molecular weight excluding hydrogens is 372 g/mol. The zero-order valence-electron chi connectivity index (χ0n) is 14.2. The molecule has 0 saturated heterocycles. The number of fused-ring (bicyclic) bond motifs is 1. The Morgan fingerprint density at radius 1 is 1.42 bits per heavy atom. The third-order valence-electron chi connectivity index (χ3n) is 4.56. The third-order valence-corrected chi connectivity index (χ3v) is 5.19. The maximum absolute atomic E-state index is 9.74. The van der Waals surface area contributed by atoms with E-state index in [1.54, 1.807) is 0 Å². The van der Waals surface area contributed by atoms with Crippen molar-refractivity contribution in [1.29, 1.82) is 0 Å². The van der Waals surface area contributed by atoms with E-state index < -0.39 is 0 Å². The lowest BCUT2D eigenvalue weighted by Crippen LogP contribution is -2.24. The molecule has 2 heterocycles. The van der Waals surface area contributed by atoms with E-state index in [1.807, 2.05) is 17.6 Å². The molecule has 1 fully saturated rings. The molecular formula is C17H25BrN4O2. The third kappa shape index (κ3) is 3.90. The summed E-state index contributed by atoms with van der Waals surface area (Å²) in [6, 6.07) is 2.29. The molecule has 1 unspecified atom stereocenters. The van der Waals surface area contributed by atoms with Crippen molar-refractivity contribution in [1.82, 2.24) is 14.6 Å². The first-order valence-corrected chi connectivity index (χ1v) is 9.44. The predicted molar refractivity (Wildman–Crippen MR) is 97.5 cm³/mol. The van der Waals surface area contributed by atoms with Gasteiger partial charge in [-0.1, -0.05) is 0 Å². The Balaban J connectivity index is 1.83. The van der Waals surface area contributed by atoms with Crippen LogP contribution in [0, 0.1) is 0 Å². The number of ether oxygens (including phenoxy) is 1. The summed E-state index contributed by atoms with van der Waals surface area (Å²) in [5, 5.41) is 17.7. The highest BCUT2D eigenvalue weighted by molar-refractivity contribution is 9.10. The summed E-state index contributed by atoms with van der Waals surface area (Å²) in [5.41, 5.74) is 2.16. The van der Waals surface area contributed by atoms with Crippen LogP contribution < -0.4 is 5.32 Å². The van der Waals surface area contributed by atoms with Crippen molar-refractivity contribution in [2.45, 2.75) is 57.6 Å². The van der Waals surface area contributed by atoms with Gasteiger partial charge in [0.05, 0.1) is 24.4 Å². The zero-order valence-corrected chi connectivity index (χ0v) is 15.8. The van der Waals surface area contributed by atoms with E-state index in [4.69, 9.17) is 4.74 Å². The van der Waals surface area contributed by atoms with Gasteiger partial charge in [0, 0.05) is 28.7 Å². The van der Waals surface area contributed by atoms with E-state index in [9.17, 15) is 5.11 Å². The van der Waals surface area contributed by atoms with Crippen molar-refractivity contribution in [3.05, 3.63) is 22.4 Å². The van der Waals surface area contributed by atoms with Crippen LogP contribution in [0.3, 0.4) is 0 Å². The first-order chi connectivity index (χ1) is 11.6. The van der Waals surface area contributed by atoms with Gasteiger partial charge < -0.3 is 15.2 Å². The SMILES string of the molecule is CCOCC(C)Nc1ncc2c(Br)cc(C3CCC(O)CC3)n2n1. The van der Waals surface area contributed by atoms with E-state index in [0.717, 1.165) is 35.7 Å². The monoisotopic (exact) mass is 396 g/mol. The summed E-state index contributed by atoms with van der Waals surface area (Å²) in [5.74, 6) is 1.03. The zero-order chi connectivity index (χ0) is 17.1. The summed E-state index contributed by atoms with van der Waals surface area (Å²) in [4.78, 5) is 4.42. The van der Waals surface area contributed by atoms with Crippen molar-refractivity contribution in [3.63, 3.8) is 0 Å². The van der Waals surface area contributed by atoms with Gasteiger partial charge in [0.15, 0.2) is 0 Å². The standard InChI is InChI=1S/C17H25BrN4O2/c1-3-24-10-11(2)20-17-19-9-16-14(18)8-15(22(16)21-17)12-4-6-13(23)7-5-12/h8-9,11-13,23H,3-7,10H2,1-2H3,(H,20,21). The van der Waals surface area contributed by atoms with Crippen LogP contribution >= 0.6 is 15.9 Å². The molecule has 0 aromatic carbocycles. The number of halogens is 1. The molecule has 1 atom stereocenters. The summed E-state index contributed by atoms with van der Waals surface area (Å²) in [7, 11) is 0. The number of anilines is 1. The van der Waals surface area contributed by atoms with Gasteiger partial charge in [-0.15, -0.1) is 5.10 Å². The maximum Gasteiger partial charge on any atom is 0.241 e. The van der Waals surface area contributed by atoms with Crippen LogP contribution in [0.2, 0.25) is 0 Å². The molecule has 3 rings (SSSR count). The Morgan fingerprint density at radius 2 is 2.17 bits per heavy atom. The number of nitrogens with one attached hydrogen (secondary N) is 1. The van der Waals surface area contributed by atoms with Gasteiger partial charge in [-0.25, -0.2) is 9.50 Å². The number of hydrogen-bond acceptors (Lipinski definition) is 5. The fourth-order valence-corrected chi connectivity index (χ4v) is 3.77. The lowest BCUT2D eigenvalue weighted by atomic mass is 9.85. The van der Waals surface area contributed by atoms with Gasteiger partial charge in [0.25, 0.3) is 0 Å². The molecule has 0 aliphatic heterocycles. The van der Waals surface area contributed by atoms with Crippen molar-refractivity contribution in [2.24, 2.45) is 0 Å². The maximum atomic E-state index is 9.74. The van der Waals surface area contributed by atoms with E-state index in [2.05, 4.69) is 44.3 Å². The lowest BCUT2D eigenvalue weighted by Gasteiger charge is -2.25. The van der Waals surface area contributed by atoms with Crippen molar-refractivity contribution < 1.29 is 9.84 Å². The Bertz CT molecular complexity index is 683. The Kier molecular flexibility index (Phi) is 5.73. The van der Waals surface area contributed by atoms with Crippen LogP contribution in [-0.4, -0.2) is 45.1 Å². The Hall–Kier alpha value is -1.18. The van der Waals surface area contributed by atoms with E-state index in [-0.39, 0.29) is 12.1 Å². The van der Waals surface area contributed by atoms with Crippen LogP contribution in [0.25, 0.3) is 5.52 Å². The van der Waals surface area contributed by atoms with Gasteiger partial charge in [0.1, 0.15) is 0 Å². The second-order valence-corrected chi connectivity index (χ2v) is 7.36. The number of aromatic nitrogens is 3. The van der Waals surface area contributed by atoms with Crippen LogP contribution in [-0.2, 0) is 4.74 Å². The highest BCUT2D eigenvalue weighted by Gasteiger charge is 2.24. The number of aliphatic hydroxyl groups excluding tert-OH is 1. The minimum atomic E-state index is -0.151. The van der Waals surface area contributed by atoms with Crippen LogP contribution in [0.15, 0.2) is 16.7 Å². The topological polar surface area (TPSA) is 71.7 Å². The predicted octanol–water partition coefficient (Wildman–Crippen LogP) is 3.35. The van der Waals surface area contributed by atoms with Gasteiger partial charge in [-0.05, 0) is 61.5 Å². The molecule has 7 heteroatoms. The van der Waals surface area contributed by atoms with Gasteiger partial charge in [-0.2, -0.15) is 0 Å². The quantitative estimate of drug-likeness (QED) is 0.782. The number of rotatable bonds is 6. The number of aliphatic hydroxyl groups is 1. The summed E-state index contributed by atoms with van der Waals surface area (Å²) >= 11 is 3.62. The largest absolute Gasteiger partial charge is 0.393 e. The van der Waals surface area contributed by atoms with Crippen molar-refractivity contribution >= 4 is 27.4 Å². The molecule has 0 bridgehead atoms. The first kappa shape index (κ1) is 17.6. The molecule has 0 spiro atoms. The average Bonchev–Trinajstić information content (AvgIpc) is 2.90. The van der Waals surface area contributed by atoms with E-state index in [0.29, 0.717) is 25.1 Å². The molecule has 1 aliphatic carbocycles. The summed E-state index contributed by atoms with van der Waals surface area (Å²) in [6.45, 7) is 5.37. The Morgan fingerprint density at radius 3 is 2.88 bits per heavy atom. The molecule has 24 heavy (non-hydrogen) atoms. The molecule has 0 radical (unpaired) electrons. The smallest absolute Gasteiger partial charge is 0.241 e. The summed E-state index contributed by atoms with van der Waals surface area (Å²) in [6.07, 6.45) is 5.39. The molecule has 6 nitrogen and oxygen atoms in total. The molecule has 1 saturated carbocycles. The van der Waals surface area contributed by atoms with Crippen LogP contribution in [0.5, 0.6) is 0 Å². The summed E-state index contributed by atoms with van der Waals surface area (Å²) < 4.78 is 8.42. The van der Waals surface area contributed by atoms with Crippen LogP contribution in [0.1, 0.15) is 51.1 Å². The van der Waals surface area contributed by atoms with Crippen LogP contribution in [0.4, 0.5) is 5.95 Å². The second-order valence-electron chi connectivity index (χ2n) is 6.51. The Labute approximate surface area is 150 Å². The number of hydrogen-bond donors (Lipinski definition) is 2. The van der Waals surface area contributed by atoms with E-state index >= 15 is 0 Å². The molecule has 0 amide bonds. The lowest BCUT2D eigenvalue weighted by molar-refractivity contribution is 0.121. The highest BCUT2D eigenvalue weighted by Crippen LogP contribution is 2.36. The molecule has 1 aliphatic rings. The number of nitrogens with zero attached hydrogens (tertiary/aromatic N) is 3. The fraction of sp³-hybridized carbons (Fsp3) is 0.647. The minimum absolute atomic E-state index is 0.148. The first-order valence-electron chi connectivity index (χ1n) is 8.65. The molecule has 2 N–H and O–H groups in total. The second kappa shape index (κ2) is 7.80. The average molecular weight is 397 g/mol. The van der Waals surface area contributed by atoms with E-state index in [1.165, 1.54) is 5.69 Å². The normalized spacial score (nSPS) is 22.7. The van der Waals surface area contributed by atoms with Gasteiger partial charge in [0.2, 0.25) is 5.95 Å². The minimum Gasteiger partial charge on any atom is -0.393 e.